The van der Waals surface area contributed by atoms with Gasteiger partial charge in [-0.05, 0) is 68.4 Å². The molecule has 0 bridgehead atoms. The highest BCUT2D eigenvalue weighted by Gasteiger charge is 2.30. The van der Waals surface area contributed by atoms with Crippen LogP contribution in [0.2, 0.25) is 0 Å². The van der Waals surface area contributed by atoms with Crippen molar-refractivity contribution in [1.29, 1.82) is 0 Å². The Morgan fingerprint density at radius 3 is 2.29 bits per heavy atom. The maximum Gasteiger partial charge on any atom is 0.241 e. The normalized spacial score (nSPS) is 12.8. The van der Waals surface area contributed by atoms with E-state index in [4.69, 9.17) is 4.42 Å². The van der Waals surface area contributed by atoms with E-state index in [1.807, 2.05) is 47.7 Å². The SMILES string of the molecule is CC(=O)N(CCCC[C@H](NS(=O)(=O)c1ccc2occc2c1)C(=O)N(CC(C)C)CC(C)C)Cc1cc(C)n(C)n1. The summed E-state index contributed by atoms with van der Waals surface area (Å²) < 4.78 is 36.8. The second kappa shape index (κ2) is 14.1. The Morgan fingerprint density at radius 2 is 1.71 bits per heavy atom. The molecule has 41 heavy (non-hydrogen) atoms. The van der Waals surface area contributed by atoms with Crippen molar-refractivity contribution >= 4 is 32.8 Å². The van der Waals surface area contributed by atoms with E-state index >= 15 is 0 Å². The topological polar surface area (TPSA) is 118 Å². The van der Waals surface area contributed by atoms with Gasteiger partial charge in [-0.2, -0.15) is 9.82 Å². The van der Waals surface area contributed by atoms with Crippen LogP contribution in [0.25, 0.3) is 11.0 Å². The lowest BCUT2D eigenvalue weighted by Crippen LogP contribution is -2.50. The van der Waals surface area contributed by atoms with Gasteiger partial charge in [0.1, 0.15) is 11.6 Å². The third-order valence-electron chi connectivity index (χ3n) is 6.95. The Balaban J connectivity index is 1.75. The molecule has 11 heteroatoms. The van der Waals surface area contributed by atoms with E-state index in [0.29, 0.717) is 56.4 Å². The Kier molecular flexibility index (Phi) is 11.1. The highest BCUT2D eigenvalue weighted by molar-refractivity contribution is 7.89. The maximum atomic E-state index is 13.8. The summed E-state index contributed by atoms with van der Waals surface area (Å²) in [4.78, 5) is 29.7. The lowest BCUT2D eigenvalue weighted by molar-refractivity contribution is -0.134. The molecule has 1 N–H and O–H groups in total. The predicted molar refractivity (Wildman–Crippen MR) is 159 cm³/mol. The number of hydrogen-bond donors (Lipinski definition) is 1. The molecule has 3 aromatic rings. The van der Waals surface area contributed by atoms with Gasteiger partial charge >= 0.3 is 0 Å². The molecule has 2 heterocycles. The van der Waals surface area contributed by atoms with E-state index in [-0.39, 0.29) is 28.5 Å². The average Bonchev–Trinajstić information content (AvgIpc) is 3.48. The van der Waals surface area contributed by atoms with Gasteiger partial charge in [-0.15, -0.1) is 0 Å². The van der Waals surface area contributed by atoms with Crippen LogP contribution in [0, 0.1) is 18.8 Å². The van der Waals surface area contributed by atoms with Crippen LogP contribution >= 0.6 is 0 Å². The number of carbonyl (C=O) groups excluding carboxylic acids is 2. The molecule has 2 amide bonds. The van der Waals surface area contributed by atoms with Crippen LogP contribution in [0.3, 0.4) is 0 Å². The van der Waals surface area contributed by atoms with Crippen LogP contribution < -0.4 is 4.72 Å². The van der Waals surface area contributed by atoms with Gasteiger partial charge in [0, 0.05) is 44.7 Å². The summed E-state index contributed by atoms with van der Waals surface area (Å²) >= 11 is 0. The van der Waals surface area contributed by atoms with Crippen LogP contribution in [-0.4, -0.2) is 65.5 Å². The van der Waals surface area contributed by atoms with Gasteiger partial charge in [0.05, 0.1) is 23.4 Å². The zero-order chi connectivity index (χ0) is 30.3. The Hall–Kier alpha value is -3.18. The summed E-state index contributed by atoms with van der Waals surface area (Å²) in [6.45, 7) is 13.6. The molecule has 0 radical (unpaired) electrons. The van der Waals surface area contributed by atoms with E-state index in [0.717, 1.165) is 11.4 Å². The summed E-state index contributed by atoms with van der Waals surface area (Å²) in [7, 11) is -2.12. The third kappa shape index (κ3) is 9.16. The molecule has 0 saturated carbocycles. The summed E-state index contributed by atoms with van der Waals surface area (Å²) in [5.41, 5.74) is 2.41. The van der Waals surface area contributed by atoms with Crippen molar-refractivity contribution in [3.05, 3.63) is 48.0 Å². The first kappa shape index (κ1) is 32.3. The van der Waals surface area contributed by atoms with Gasteiger partial charge in [-0.3, -0.25) is 14.3 Å². The molecule has 0 spiro atoms. The molecule has 2 aromatic heterocycles. The van der Waals surface area contributed by atoms with Crippen molar-refractivity contribution in [2.75, 3.05) is 19.6 Å². The Bertz CT molecular complexity index is 1400. The average molecular weight is 588 g/mol. The molecule has 0 saturated heterocycles. The molecule has 1 atom stereocenters. The Labute approximate surface area is 244 Å². The van der Waals surface area contributed by atoms with Crippen LogP contribution in [-0.2, 0) is 33.2 Å². The zero-order valence-corrected chi connectivity index (χ0v) is 26.2. The van der Waals surface area contributed by atoms with Crippen molar-refractivity contribution < 1.29 is 22.4 Å². The molecule has 0 fully saturated rings. The molecule has 0 unspecified atom stereocenters. The fourth-order valence-electron chi connectivity index (χ4n) is 4.86. The highest BCUT2D eigenvalue weighted by Crippen LogP contribution is 2.21. The minimum atomic E-state index is -3.99. The number of rotatable bonds is 15. The first-order chi connectivity index (χ1) is 19.3. The number of benzene rings is 1. The van der Waals surface area contributed by atoms with Gasteiger partial charge in [0.2, 0.25) is 21.8 Å². The first-order valence-electron chi connectivity index (χ1n) is 14.3. The van der Waals surface area contributed by atoms with Crippen molar-refractivity contribution in [2.24, 2.45) is 18.9 Å². The number of fused-ring (bicyclic) bond motifs is 1. The number of sulfonamides is 1. The fourth-order valence-corrected chi connectivity index (χ4v) is 6.12. The summed E-state index contributed by atoms with van der Waals surface area (Å²) in [6, 6.07) is 7.38. The number of carbonyl (C=O) groups is 2. The van der Waals surface area contributed by atoms with Crippen molar-refractivity contribution in [3.63, 3.8) is 0 Å². The van der Waals surface area contributed by atoms with E-state index in [9.17, 15) is 18.0 Å². The van der Waals surface area contributed by atoms with E-state index in [1.54, 1.807) is 32.7 Å². The van der Waals surface area contributed by atoms with E-state index in [1.165, 1.54) is 19.3 Å². The molecule has 226 valence electrons. The largest absolute Gasteiger partial charge is 0.464 e. The van der Waals surface area contributed by atoms with Crippen LogP contribution in [0.1, 0.15) is 65.3 Å². The Morgan fingerprint density at radius 1 is 1.02 bits per heavy atom. The number of nitrogens with zero attached hydrogens (tertiary/aromatic N) is 4. The predicted octanol–water partition coefficient (Wildman–Crippen LogP) is 4.48. The molecule has 1 aromatic carbocycles. The van der Waals surface area contributed by atoms with Crippen molar-refractivity contribution in [1.82, 2.24) is 24.3 Å². The van der Waals surface area contributed by atoms with Gasteiger partial charge in [-0.25, -0.2) is 8.42 Å². The second-order valence-corrected chi connectivity index (χ2v) is 13.4. The molecule has 10 nitrogen and oxygen atoms in total. The van der Waals surface area contributed by atoms with Crippen molar-refractivity contribution in [2.45, 2.75) is 78.3 Å². The molecule has 3 rings (SSSR count). The summed E-state index contributed by atoms with van der Waals surface area (Å²) in [5, 5.41) is 5.12. The minimum absolute atomic E-state index is 0.0590. The van der Waals surface area contributed by atoms with Gasteiger partial charge < -0.3 is 14.2 Å². The third-order valence-corrected chi connectivity index (χ3v) is 8.42. The summed E-state index contributed by atoms with van der Waals surface area (Å²) in [6.07, 6.45) is 3.00. The van der Waals surface area contributed by atoms with E-state index < -0.39 is 16.1 Å². The monoisotopic (exact) mass is 587 g/mol. The van der Waals surface area contributed by atoms with Gasteiger partial charge in [-0.1, -0.05) is 27.7 Å². The number of unbranched alkanes of at least 4 members (excludes halogenated alkanes) is 1. The number of hydrogen-bond acceptors (Lipinski definition) is 6. The minimum Gasteiger partial charge on any atom is -0.464 e. The zero-order valence-electron chi connectivity index (χ0n) is 25.4. The number of nitrogens with one attached hydrogen (secondary N) is 1. The maximum absolute atomic E-state index is 13.8. The molecule has 0 aliphatic rings. The number of aromatic nitrogens is 2. The number of aryl methyl sites for hydroxylation is 2. The fraction of sp³-hybridized carbons (Fsp3) is 0.567. The van der Waals surface area contributed by atoms with Crippen molar-refractivity contribution in [3.8, 4) is 0 Å². The second-order valence-electron chi connectivity index (χ2n) is 11.7. The standard InChI is InChI=1S/C30H45N5O5S/c1-21(2)18-35(19-22(3)4)30(37)28(32-41(38,39)27-11-12-29-25(17-27)13-15-40-29)10-8-9-14-34(24(6)36)20-26-16-23(5)33(7)31-26/h11-13,15-17,21-22,28,32H,8-10,14,18-20H2,1-7H3/t28-/m0/s1. The molecular weight excluding hydrogens is 542 g/mol. The first-order valence-corrected chi connectivity index (χ1v) is 15.8. The number of furan rings is 1. The van der Waals surface area contributed by atoms with Crippen LogP contribution in [0.15, 0.2) is 45.9 Å². The molecule has 0 aliphatic carbocycles. The lowest BCUT2D eigenvalue weighted by Gasteiger charge is -2.30. The smallest absolute Gasteiger partial charge is 0.241 e. The number of amides is 2. The van der Waals surface area contributed by atoms with Crippen LogP contribution in [0.4, 0.5) is 0 Å². The summed E-state index contributed by atoms with van der Waals surface area (Å²) in [5.74, 6) is 0.180. The van der Waals surface area contributed by atoms with Gasteiger partial charge in [0.25, 0.3) is 0 Å². The van der Waals surface area contributed by atoms with E-state index in [2.05, 4.69) is 9.82 Å². The van der Waals surface area contributed by atoms with Crippen LogP contribution in [0.5, 0.6) is 0 Å². The highest BCUT2D eigenvalue weighted by atomic mass is 32.2. The quantitative estimate of drug-likeness (QED) is 0.262. The molecule has 0 aliphatic heterocycles. The molecular formula is C30H45N5O5S. The lowest BCUT2D eigenvalue weighted by atomic mass is 10.1. The van der Waals surface area contributed by atoms with Gasteiger partial charge in [0.15, 0.2) is 0 Å².